The number of amides is 1. The highest BCUT2D eigenvalue weighted by Gasteiger charge is 2.46. The van der Waals surface area contributed by atoms with E-state index in [9.17, 15) is 14.7 Å². The van der Waals surface area contributed by atoms with Gasteiger partial charge in [0.05, 0.1) is 43.5 Å². The van der Waals surface area contributed by atoms with Crippen molar-refractivity contribution in [2.75, 3.05) is 27.9 Å². The molecular weight excluding hydrogens is 434 g/mol. The largest absolute Gasteiger partial charge is 0.507 e. The zero-order chi connectivity index (χ0) is 23.4. The number of likely N-dealkylation sites (tertiary alicyclic amines) is 1. The first-order valence-electron chi connectivity index (χ1n) is 10.2. The Morgan fingerprint density at radius 3 is 2.25 bits per heavy atom. The fourth-order valence-electron chi connectivity index (χ4n) is 3.76. The summed E-state index contributed by atoms with van der Waals surface area (Å²) in [5.74, 6) is -0.564. The van der Waals surface area contributed by atoms with Crippen LogP contribution >= 0.6 is 11.6 Å². The number of benzene rings is 2. The van der Waals surface area contributed by atoms with Crippen LogP contribution < -0.4 is 14.2 Å². The molecular formula is C24H26ClNO6. The van der Waals surface area contributed by atoms with Gasteiger partial charge in [-0.1, -0.05) is 37.1 Å². The maximum Gasteiger partial charge on any atom is 0.295 e. The molecule has 1 aliphatic heterocycles. The fourth-order valence-corrected chi connectivity index (χ4v) is 3.99. The monoisotopic (exact) mass is 459 g/mol. The van der Waals surface area contributed by atoms with Gasteiger partial charge in [0.15, 0.2) is 0 Å². The molecule has 0 saturated carbocycles. The van der Waals surface area contributed by atoms with Crippen LogP contribution in [-0.4, -0.2) is 49.6 Å². The molecule has 1 heterocycles. The van der Waals surface area contributed by atoms with Crippen LogP contribution in [0, 0.1) is 0 Å². The van der Waals surface area contributed by atoms with Crippen molar-refractivity contribution in [1.82, 2.24) is 4.90 Å². The van der Waals surface area contributed by atoms with E-state index >= 15 is 0 Å². The van der Waals surface area contributed by atoms with Crippen molar-refractivity contribution in [3.63, 3.8) is 0 Å². The number of rotatable bonds is 8. The van der Waals surface area contributed by atoms with Gasteiger partial charge >= 0.3 is 0 Å². The molecule has 1 N–H and O–H groups in total. The summed E-state index contributed by atoms with van der Waals surface area (Å²) in [5, 5.41) is 11.6. The Balaban J connectivity index is 2.23. The van der Waals surface area contributed by atoms with Gasteiger partial charge in [0, 0.05) is 12.6 Å². The molecule has 0 bridgehead atoms. The standard InChI is InChI=1S/C24H26ClNO6/c1-5-6-11-26-21(14-7-9-15(30-2)10-8-14)20(23(28)24(26)29)22(27)16-12-19(32-4)17(25)13-18(16)31-3/h7-10,12-13,21,27H,5-6,11H2,1-4H3/b22-20+. The van der Waals surface area contributed by atoms with Crippen molar-refractivity contribution in [2.45, 2.75) is 25.8 Å². The summed E-state index contributed by atoms with van der Waals surface area (Å²) in [6, 6.07) is 9.29. The van der Waals surface area contributed by atoms with Crippen LogP contribution in [0.2, 0.25) is 5.02 Å². The number of ketones is 1. The molecule has 1 amide bonds. The van der Waals surface area contributed by atoms with E-state index in [1.807, 2.05) is 6.92 Å². The third kappa shape index (κ3) is 4.25. The number of hydrogen-bond acceptors (Lipinski definition) is 6. The van der Waals surface area contributed by atoms with Gasteiger partial charge in [-0.25, -0.2) is 0 Å². The number of halogens is 1. The molecule has 2 aromatic carbocycles. The Kier molecular flexibility index (Phi) is 7.30. The van der Waals surface area contributed by atoms with E-state index in [1.54, 1.807) is 31.4 Å². The third-order valence-corrected chi connectivity index (χ3v) is 5.75. The summed E-state index contributed by atoms with van der Waals surface area (Å²) < 4.78 is 15.9. The second-order valence-corrected chi connectivity index (χ2v) is 7.71. The normalized spacial score (nSPS) is 17.5. The minimum absolute atomic E-state index is 0.0149. The van der Waals surface area contributed by atoms with Crippen molar-refractivity contribution >= 4 is 29.1 Å². The molecule has 0 aromatic heterocycles. The van der Waals surface area contributed by atoms with Gasteiger partial charge in [-0.3, -0.25) is 9.59 Å². The minimum atomic E-state index is -0.754. The SMILES string of the molecule is CCCCN1C(=O)C(=O)/C(=C(/O)c2cc(OC)c(Cl)cc2OC)C1c1ccc(OC)cc1. The van der Waals surface area contributed by atoms with E-state index in [0.29, 0.717) is 23.6 Å². The van der Waals surface area contributed by atoms with Crippen LogP contribution in [0.5, 0.6) is 17.2 Å². The van der Waals surface area contributed by atoms with Crippen molar-refractivity contribution in [1.29, 1.82) is 0 Å². The van der Waals surface area contributed by atoms with Crippen LogP contribution in [0.25, 0.3) is 5.76 Å². The Hall–Kier alpha value is -3.19. The number of ether oxygens (including phenoxy) is 3. The molecule has 3 rings (SSSR count). The van der Waals surface area contributed by atoms with E-state index in [4.69, 9.17) is 25.8 Å². The van der Waals surface area contributed by atoms with Crippen LogP contribution in [-0.2, 0) is 9.59 Å². The maximum atomic E-state index is 13.1. The number of carbonyl (C=O) groups excluding carboxylic acids is 2. The predicted octanol–water partition coefficient (Wildman–Crippen LogP) is 4.59. The Bertz CT molecular complexity index is 1050. The van der Waals surface area contributed by atoms with E-state index in [-0.39, 0.29) is 27.7 Å². The number of carbonyl (C=O) groups is 2. The number of methoxy groups -OCH3 is 3. The average Bonchev–Trinajstić information content (AvgIpc) is 3.06. The summed E-state index contributed by atoms with van der Waals surface area (Å²) in [4.78, 5) is 27.5. The minimum Gasteiger partial charge on any atom is -0.507 e. The molecule has 170 valence electrons. The van der Waals surface area contributed by atoms with Crippen LogP contribution in [0.1, 0.15) is 36.9 Å². The fraction of sp³-hybridized carbons (Fsp3) is 0.333. The molecule has 0 spiro atoms. The zero-order valence-corrected chi connectivity index (χ0v) is 19.2. The molecule has 0 radical (unpaired) electrons. The average molecular weight is 460 g/mol. The molecule has 1 atom stereocenters. The summed E-state index contributed by atoms with van der Waals surface area (Å²) in [6.45, 7) is 2.39. The summed E-state index contributed by atoms with van der Waals surface area (Å²) in [7, 11) is 4.43. The van der Waals surface area contributed by atoms with Gasteiger partial charge in [-0.2, -0.15) is 0 Å². The molecule has 0 aliphatic carbocycles. The molecule has 1 fully saturated rings. The number of hydrogen-bond donors (Lipinski definition) is 1. The van der Waals surface area contributed by atoms with Crippen molar-refractivity contribution in [3.8, 4) is 17.2 Å². The van der Waals surface area contributed by atoms with Crippen LogP contribution in [0.3, 0.4) is 0 Å². The molecule has 2 aromatic rings. The molecule has 8 heteroatoms. The van der Waals surface area contributed by atoms with Crippen molar-refractivity contribution < 1.29 is 28.9 Å². The van der Waals surface area contributed by atoms with Gasteiger partial charge in [0.1, 0.15) is 23.0 Å². The zero-order valence-electron chi connectivity index (χ0n) is 18.5. The first kappa shape index (κ1) is 23.5. The van der Waals surface area contributed by atoms with Crippen molar-refractivity contribution in [2.24, 2.45) is 0 Å². The first-order valence-corrected chi connectivity index (χ1v) is 10.6. The van der Waals surface area contributed by atoms with Gasteiger partial charge in [-0.15, -0.1) is 0 Å². The third-order valence-electron chi connectivity index (χ3n) is 5.45. The number of Topliss-reactive ketones (excluding diaryl/α,β-unsaturated/α-hetero) is 1. The highest BCUT2D eigenvalue weighted by atomic mass is 35.5. The predicted molar refractivity (Wildman–Crippen MR) is 121 cm³/mol. The van der Waals surface area contributed by atoms with Gasteiger partial charge in [0.25, 0.3) is 11.7 Å². The molecule has 1 unspecified atom stereocenters. The quantitative estimate of drug-likeness (QED) is 0.353. The molecule has 7 nitrogen and oxygen atoms in total. The summed E-state index contributed by atoms with van der Waals surface area (Å²) in [5.41, 5.74) is 0.877. The lowest BCUT2D eigenvalue weighted by Gasteiger charge is -2.25. The Labute approximate surface area is 192 Å². The molecule has 32 heavy (non-hydrogen) atoms. The van der Waals surface area contributed by atoms with E-state index in [0.717, 1.165) is 12.8 Å². The number of nitrogens with zero attached hydrogens (tertiary/aromatic N) is 1. The lowest BCUT2D eigenvalue weighted by atomic mass is 9.94. The highest BCUT2D eigenvalue weighted by Crippen LogP contribution is 2.43. The van der Waals surface area contributed by atoms with E-state index in [1.165, 1.54) is 31.3 Å². The van der Waals surface area contributed by atoms with E-state index < -0.39 is 17.7 Å². The Morgan fingerprint density at radius 2 is 1.69 bits per heavy atom. The second kappa shape index (κ2) is 9.96. The highest BCUT2D eigenvalue weighted by molar-refractivity contribution is 6.46. The topological polar surface area (TPSA) is 85.3 Å². The summed E-state index contributed by atoms with van der Waals surface area (Å²) in [6.07, 6.45) is 1.57. The van der Waals surface area contributed by atoms with Gasteiger partial charge in [-0.05, 0) is 30.2 Å². The first-order chi connectivity index (χ1) is 15.4. The lowest BCUT2D eigenvalue weighted by Crippen LogP contribution is -2.30. The van der Waals surface area contributed by atoms with Crippen LogP contribution in [0.15, 0.2) is 42.0 Å². The number of unbranched alkanes of at least 4 members (excludes halogenated alkanes) is 1. The molecule has 1 saturated heterocycles. The van der Waals surface area contributed by atoms with Gasteiger partial charge in [0.2, 0.25) is 0 Å². The number of aliphatic hydroxyl groups is 1. The Morgan fingerprint density at radius 1 is 1.03 bits per heavy atom. The van der Waals surface area contributed by atoms with Crippen LogP contribution in [0.4, 0.5) is 0 Å². The van der Waals surface area contributed by atoms with Crippen molar-refractivity contribution in [3.05, 3.63) is 58.1 Å². The smallest absolute Gasteiger partial charge is 0.295 e. The lowest BCUT2D eigenvalue weighted by molar-refractivity contribution is -0.139. The second-order valence-electron chi connectivity index (χ2n) is 7.31. The maximum absolute atomic E-state index is 13.1. The number of aliphatic hydroxyl groups excluding tert-OH is 1. The van der Waals surface area contributed by atoms with Gasteiger partial charge < -0.3 is 24.2 Å². The summed E-state index contributed by atoms with van der Waals surface area (Å²) >= 11 is 6.19. The van der Waals surface area contributed by atoms with E-state index in [2.05, 4.69) is 0 Å². The molecule has 1 aliphatic rings.